The maximum atomic E-state index is 14.2. The molecule has 3 aromatic rings. The molecule has 0 saturated carbocycles. The van der Waals surface area contributed by atoms with Crippen molar-refractivity contribution in [2.24, 2.45) is 0 Å². The van der Waals surface area contributed by atoms with E-state index in [9.17, 15) is 19.1 Å². The Labute approximate surface area is 208 Å². The summed E-state index contributed by atoms with van der Waals surface area (Å²) < 4.78 is 21.3. The second-order valence-electron chi connectivity index (χ2n) is 8.89. The third-order valence-corrected chi connectivity index (χ3v) is 6.73. The predicted octanol–water partition coefficient (Wildman–Crippen LogP) is 3.07. The van der Waals surface area contributed by atoms with Gasteiger partial charge >= 0.3 is 0 Å². The fourth-order valence-corrected chi connectivity index (χ4v) is 4.82. The average molecular weight is 491 g/mol. The molecular weight excluding hydrogens is 463 g/mol. The number of amides is 1. The molecular formula is C27H27FN4O4. The number of Topliss-reactive ketones (excluding diaryl/α,β-unsaturated/α-hetero) is 1. The maximum absolute atomic E-state index is 14.2. The molecule has 2 fully saturated rings. The Hall–Kier alpha value is -3.82. The first kappa shape index (κ1) is 23.9. The number of benzene rings is 2. The quantitative estimate of drug-likeness (QED) is 0.325. The minimum absolute atomic E-state index is 0.0664. The summed E-state index contributed by atoms with van der Waals surface area (Å²) in [6.45, 7) is 5.24. The molecule has 9 heteroatoms. The molecule has 0 bridgehead atoms. The molecule has 1 N–H and O–H groups in total. The largest absolute Gasteiger partial charge is 0.507 e. The van der Waals surface area contributed by atoms with Crippen LogP contribution < -0.4 is 0 Å². The number of carbonyl (C=O) groups is 2. The topological polar surface area (TPSA) is 87.9 Å². The Kier molecular flexibility index (Phi) is 6.67. The molecule has 3 heterocycles. The molecule has 2 aromatic carbocycles. The molecule has 0 unspecified atom stereocenters. The highest BCUT2D eigenvalue weighted by atomic mass is 19.1. The number of aliphatic hydroxyl groups excluding tert-OH is 1. The van der Waals surface area contributed by atoms with Crippen molar-refractivity contribution < 1.29 is 23.8 Å². The van der Waals surface area contributed by atoms with Crippen LogP contribution in [-0.2, 0) is 14.3 Å². The summed E-state index contributed by atoms with van der Waals surface area (Å²) in [7, 11) is 0. The summed E-state index contributed by atoms with van der Waals surface area (Å²) in [4.78, 5) is 30.0. The van der Waals surface area contributed by atoms with Crippen molar-refractivity contribution in [1.82, 2.24) is 19.6 Å². The Bertz CT molecular complexity index is 1310. The standard InChI is InChI=1S/C27H27FN4O4/c1-18-22(17-29-32(18)21-8-3-2-4-9-21)25(33)23-24(19-6-5-7-20(28)16-19)31(27(35)26(23)34)11-10-30-12-14-36-15-13-30/h2-9,16-17,24,33H,10-15H2,1H3/b25-23+/t24-/m0/s1. The molecule has 0 aliphatic carbocycles. The molecule has 1 amide bonds. The van der Waals surface area contributed by atoms with Gasteiger partial charge in [0.25, 0.3) is 11.7 Å². The van der Waals surface area contributed by atoms with E-state index in [2.05, 4.69) is 10.00 Å². The zero-order valence-electron chi connectivity index (χ0n) is 19.9. The number of hydrogen-bond acceptors (Lipinski definition) is 6. The monoisotopic (exact) mass is 490 g/mol. The van der Waals surface area contributed by atoms with E-state index in [1.165, 1.54) is 29.3 Å². The number of aromatic nitrogens is 2. The number of rotatable bonds is 6. The first-order valence-corrected chi connectivity index (χ1v) is 11.9. The van der Waals surface area contributed by atoms with E-state index >= 15 is 0 Å². The summed E-state index contributed by atoms with van der Waals surface area (Å²) in [6.07, 6.45) is 1.47. The van der Waals surface area contributed by atoms with Crippen LogP contribution in [0.25, 0.3) is 11.4 Å². The van der Waals surface area contributed by atoms with Crippen LogP contribution in [0.4, 0.5) is 4.39 Å². The highest BCUT2D eigenvalue weighted by molar-refractivity contribution is 6.46. The predicted molar refractivity (Wildman–Crippen MR) is 131 cm³/mol. The number of halogens is 1. The number of hydrogen-bond donors (Lipinski definition) is 1. The number of carbonyl (C=O) groups excluding carboxylic acids is 2. The first-order valence-electron chi connectivity index (χ1n) is 11.9. The van der Waals surface area contributed by atoms with Gasteiger partial charge in [-0.1, -0.05) is 30.3 Å². The van der Waals surface area contributed by atoms with Gasteiger partial charge in [-0.2, -0.15) is 5.10 Å². The van der Waals surface area contributed by atoms with Gasteiger partial charge in [0.2, 0.25) is 0 Å². The number of likely N-dealkylation sites (tertiary alicyclic amines) is 1. The number of nitrogens with zero attached hydrogens (tertiary/aromatic N) is 4. The van der Waals surface area contributed by atoms with Crippen molar-refractivity contribution >= 4 is 17.4 Å². The third kappa shape index (κ3) is 4.43. The molecule has 2 aliphatic heterocycles. The van der Waals surface area contributed by atoms with Crippen molar-refractivity contribution in [3.8, 4) is 5.69 Å². The second kappa shape index (κ2) is 10.0. The van der Waals surface area contributed by atoms with Gasteiger partial charge in [-0.15, -0.1) is 0 Å². The number of para-hydroxylation sites is 1. The van der Waals surface area contributed by atoms with Crippen LogP contribution in [0.15, 0.2) is 66.4 Å². The van der Waals surface area contributed by atoms with E-state index < -0.39 is 23.5 Å². The molecule has 1 atom stereocenters. The van der Waals surface area contributed by atoms with Crippen LogP contribution in [0.2, 0.25) is 0 Å². The fourth-order valence-electron chi connectivity index (χ4n) is 4.82. The lowest BCUT2D eigenvalue weighted by atomic mass is 9.95. The lowest BCUT2D eigenvalue weighted by molar-refractivity contribution is -0.140. The summed E-state index contributed by atoms with van der Waals surface area (Å²) in [6, 6.07) is 14.3. The molecule has 186 valence electrons. The normalized spacial score (nSPS) is 20.3. The van der Waals surface area contributed by atoms with Gasteiger partial charge in [0.1, 0.15) is 11.6 Å². The van der Waals surface area contributed by atoms with Crippen molar-refractivity contribution in [3.63, 3.8) is 0 Å². The van der Waals surface area contributed by atoms with Crippen molar-refractivity contribution in [1.29, 1.82) is 0 Å². The van der Waals surface area contributed by atoms with E-state index in [1.54, 1.807) is 17.7 Å². The average Bonchev–Trinajstić information content (AvgIpc) is 3.40. The van der Waals surface area contributed by atoms with Crippen LogP contribution in [0.1, 0.15) is 22.9 Å². The lowest BCUT2D eigenvalue weighted by Gasteiger charge is -2.31. The minimum Gasteiger partial charge on any atom is -0.507 e. The van der Waals surface area contributed by atoms with Crippen LogP contribution in [0.5, 0.6) is 0 Å². The van der Waals surface area contributed by atoms with Crippen molar-refractivity contribution in [2.75, 3.05) is 39.4 Å². The minimum atomic E-state index is -0.916. The SMILES string of the molecule is Cc1c(/C(O)=C2\C(=O)C(=O)N(CCN3CCOCC3)[C@H]2c2cccc(F)c2)cnn1-c1ccccc1. The van der Waals surface area contributed by atoms with E-state index in [4.69, 9.17) is 4.74 Å². The highest BCUT2D eigenvalue weighted by Gasteiger charge is 2.46. The first-order chi connectivity index (χ1) is 17.5. The second-order valence-corrected chi connectivity index (χ2v) is 8.89. The summed E-state index contributed by atoms with van der Waals surface area (Å²) in [5.41, 5.74) is 2.10. The molecule has 2 saturated heterocycles. The Balaban J connectivity index is 1.56. The Morgan fingerprint density at radius 3 is 2.56 bits per heavy atom. The smallest absolute Gasteiger partial charge is 0.295 e. The summed E-state index contributed by atoms with van der Waals surface area (Å²) in [5.74, 6) is -2.32. The molecule has 5 rings (SSSR count). The summed E-state index contributed by atoms with van der Waals surface area (Å²) in [5, 5.41) is 15.8. The molecule has 0 spiro atoms. The molecule has 1 aromatic heterocycles. The van der Waals surface area contributed by atoms with Crippen molar-refractivity contribution in [2.45, 2.75) is 13.0 Å². The highest BCUT2D eigenvalue weighted by Crippen LogP contribution is 2.40. The zero-order valence-corrected chi connectivity index (χ0v) is 19.9. The van der Waals surface area contributed by atoms with Gasteiger partial charge < -0.3 is 14.7 Å². The van der Waals surface area contributed by atoms with Gasteiger partial charge in [-0.25, -0.2) is 9.07 Å². The number of ether oxygens (including phenoxy) is 1. The molecule has 36 heavy (non-hydrogen) atoms. The number of ketones is 1. The molecule has 8 nitrogen and oxygen atoms in total. The van der Waals surface area contributed by atoms with Crippen LogP contribution in [0.3, 0.4) is 0 Å². The zero-order chi connectivity index (χ0) is 25.2. The van der Waals surface area contributed by atoms with Crippen LogP contribution in [0, 0.1) is 12.7 Å². The lowest BCUT2D eigenvalue weighted by Crippen LogP contribution is -2.42. The van der Waals surface area contributed by atoms with Gasteiger partial charge in [0.05, 0.1) is 48.0 Å². The third-order valence-electron chi connectivity index (χ3n) is 6.73. The molecule has 0 radical (unpaired) electrons. The van der Waals surface area contributed by atoms with E-state index in [0.29, 0.717) is 36.6 Å². The van der Waals surface area contributed by atoms with Gasteiger partial charge in [-0.3, -0.25) is 14.5 Å². The van der Waals surface area contributed by atoms with E-state index in [1.807, 2.05) is 30.3 Å². The maximum Gasteiger partial charge on any atom is 0.295 e. The number of morpholine rings is 1. The van der Waals surface area contributed by atoms with Gasteiger partial charge in [-0.05, 0) is 36.8 Å². The van der Waals surface area contributed by atoms with Crippen LogP contribution in [-0.4, -0.2) is 75.8 Å². The van der Waals surface area contributed by atoms with E-state index in [0.717, 1.165) is 18.8 Å². The van der Waals surface area contributed by atoms with E-state index in [-0.39, 0.29) is 17.9 Å². The van der Waals surface area contributed by atoms with Crippen molar-refractivity contribution in [3.05, 3.63) is 89.0 Å². The number of aliphatic hydroxyl groups is 1. The Morgan fingerprint density at radius 2 is 1.83 bits per heavy atom. The van der Waals surface area contributed by atoms with Gasteiger partial charge in [0.15, 0.2) is 0 Å². The fraction of sp³-hybridized carbons (Fsp3) is 0.296. The van der Waals surface area contributed by atoms with Crippen LogP contribution >= 0.6 is 0 Å². The van der Waals surface area contributed by atoms with Gasteiger partial charge in [0, 0.05) is 26.2 Å². The summed E-state index contributed by atoms with van der Waals surface area (Å²) >= 11 is 0. The Morgan fingerprint density at radius 1 is 1.08 bits per heavy atom. The molecule has 2 aliphatic rings.